The van der Waals surface area contributed by atoms with Gasteiger partial charge in [-0.2, -0.15) is 5.26 Å². The molecule has 0 bridgehead atoms. The molecule has 1 heteroatoms. The van der Waals surface area contributed by atoms with Crippen LogP contribution in [0, 0.1) is 34.5 Å². The molecular formula is C23H41N. The molecule has 0 spiro atoms. The summed E-state index contributed by atoms with van der Waals surface area (Å²) in [6.45, 7) is 4.58. The first-order chi connectivity index (χ1) is 11.7. The van der Waals surface area contributed by atoms with E-state index in [9.17, 15) is 5.26 Å². The van der Waals surface area contributed by atoms with E-state index >= 15 is 0 Å². The van der Waals surface area contributed by atoms with E-state index < -0.39 is 0 Å². The molecule has 1 nitrogen and oxygen atoms in total. The lowest BCUT2D eigenvalue weighted by molar-refractivity contribution is 0.114. The minimum Gasteiger partial charge on any atom is -0.198 e. The van der Waals surface area contributed by atoms with Crippen LogP contribution in [0.15, 0.2) is 0 Å². The van der Waals surface area contributed by atoms with Crippen LogP contribution in [0.3, 0.4) is 0 Å². The fourth-order valence-electron chi connectivity index (χ4n) is 5.41. The lowest BCUT2D eigenvalue weighted by Gasteiger charge is -2.41. The van der Waals surface area contributed by atoms with Crippen molar-refractivity contribution >= 4 is 0 Å². The van der Waals surface area contributed by atoms with Crippen LogP contribution in [-0.4, -0.2) is 0 Å². The SMILES string of the molecule is CCCCCCC1(C#N)CCC(C2CCC(CCCC)CC2)CC1. The smallest absolute Gasteiger partial charge is 0.0689 e. The minimum absolute atomic E-state index is 0.0442. The molecule has 0 N–H and O–H groups in total. The molecule has 2 rings (SSSR count). The highest BCUT2D eigenvalue weighted by atomic mass is 14.4. The van der Waals surface area contributed by atoms with Crippen LogP contribution < -0.4 is 0 Å². The lowest BCUT2D eigenvalue weighted by Crippen LogP contribution is -2.31. The Hall–Kier alpha value is -0.510. The normalized spacial score (nSPS) is 34.0. The maximum Gasteiger partial charge on any atom is 0.0689 e. The number of hydrogen-bond donors (Lipinski definition) is 0. The molecule has 138 valence electrons. The van der Waals surface area contributed by atoms with Gasteiger partial charge in [0.25, 0.3) is 0 Å². The fourth-order valence-corrected chi connectivity index (χ4v) is 5.41. The van der Waals surface area contributed by atoms with Crippen molar-refractivity contribution in [2.45, 2.75) is 117 Å². The predicted molar refractivity (Wildman–Crippen MR) is 104 cm³/mol. The average molecular weight is 332 g/mol. The number of unbranched alkanes of at least 4 members (excludes halogenated alkanes) is 4. The van der Waals surface area contributed by atoms with Crippen molar-refractivity contribution in [2.24, 2.45) is 23.2 Å². The first-order valence-corrected chi connectivity index (χ1v) is 11.1. The summed E-state index contributed by atoms with van der Waals surface area (Å²) in [6.07, 6.45) is 21.7. The second-order valence-electron chi connectivity index (χ2n) is 8.96. The van der Waals surface area contributed by atoms with Gasteiger partial charge in [0.1, 0.15) is 0 Å². The van der Waals surface area contributed by atoms with Crippen molar-refractivity contribution in [2.75, 3.05) is 0 Å². The molecule has 0 radical (unpaired) electrons. The van der Waals surface area contributed by atoms with Gasteiger partial charge < -0.3 is 0 Å². The molecule has 2 aliphatic rings. The van der Waals surface area contributed by atoms with E-state index in [1.54, 1.807) is 0 Å². The second kappa shape index (κ2) is 10.5. The van der Waals surface area contributed by atoms with Crippen LogP contribution in [0.2, 0.25) is 0 Å². The molecule has 0 aliphatic heterocycles. The highest BCUT2D eigenvalue weighted by molar-refractivity contribution is 5.02. The quantitative estimate of drug-likeness (QED) is 0.398. The summed E-state index contributed by atoms with van der Waals surface area (Å²) in [5.74, 6) is 2.95. The van der Waals surface area contributed by atoms with Gasteiger partial charge in [-0.25, -0.2) is 0 Å². The first kappa shape index (κ1) is 19.8. The van der Waals surface area contributed by atoms with Crippen LogP contribution in [0.1, 0.15) is 117 Å². The summed E-state index contributed by atoms with van der Waals surface area (Å²) in [7, 11) is 0. The van der Waals surface area contributed by atoms with Gasteiger partial charge >= 0.3 is 0 Å². The van der Waals surface area contributed by atoms with E-state index in [1.807, 2.05) is 0 Å². The summed E-state index contributed by atoms with van der Waals surface area (Å²) in [5, 5.41) is 9.76. The molecule has 0 aromatic rings. The van der Waals surface area contributed by atoms with E-state index in [4.69, 9.17) is 0 Å². The van der Waals surface area contributed by atoms with Gasteiger partial charge in [0, 0.05) is 0 Å². The monoisotopic (exact) mass is 331 g/mol. The molecule has 0 aromatic carbocycles. The van der Waals surface area contributed by atoms with Crippen molar-refractivity contribution in [3.8, 4) is 6.07 Å². The molecule has 24 heavy (non-hydrogen) atoms. The second-order valence-corrected chi connectivity index (χ2v) is 8.96. The van der Waals surface area contributed by atoms with E-state index in [0.717, 1.165) is 17.8 Å². The van der Waals surface area contributed by atoms with Gasteiger partial charge in [-0.15, -0.1) is 0 Å². The Morgan fingerprint density at radius 2 is 1.42 bits per heavy atom. The van der Waals surface area contributed by atoms with Crippen molar-refractivity contribution in [1.82, 2.24) is 0 Å². The summed E-state index contributed by atoms with van der Waals surface area (Å²) >= 11 is 0. The molecule has 2 fully saturated rings. The molecular weight excluding hydrogens is 290 g/mol. The topological polar surface area (TPSA) is 23.8 Å². The summed E-state index contributed by atoms with van der Waals surface area (Å²) in [6, 6.07) is 2.75. The zero-order valence-electron chi connectivity index (χ0n) is 16.5. The Morgan fingerprint density at radius 1 is 0.792 bits per heavy atom. The average Bonchev–Trinajstić information content (AvgIpc) is 2.64. The summed E-state index contributed by atoms with van der Waals surface area (Å²) in [5.41, 5.74) is 0.0442. The highest BCUT2D eigenvalue weighted by Crippen LogP contribution is 2.47. The van der Waals surface area contributed by atoms with Crippen LogP contribution >= 0.6 is 0 Å². The highest BCUT2D eigenvalue weighted by Gasteiger charge is 2.38. The first-order valence-electron chi connectivity index (χ1n) is 11.1. The van der Waals surface area contributed by atoms with Gasteiger partial charge in [0.15, 0.2) is 0 Å². The van der Waals surface area contributed by atoms with Crippen molar-refractivity contribution < 1.29 is 0 Å². The van der Waals surface area contributed by atoms with Gasteiger partial charge in [0.2, 0.25) is 0 Å². The van der Waals surface area contributed by atoms with Crippen LogP contribution in [0.5, 0.6) is 0 Å². The third kappa shape index (κ3) is 5.79. The summed E-state index contributed by atoms with van der Waals surface area (Å²) in [4.78, 5) is 0. The number of rotatable bonds is 9. The Morgan fingerprint density at radius 3 is 2.00 bits per heavy atom. The Bertz CT molecular complexity index is 364. The van der Waals surface area contributed by atoms with Crippen LogP contribution in [0.4, 0.5) is 0 Å². The maximum absolute atomic E-state index is 9.76. The van der Waals surface area contributed by atoms with Gasteiger partial charge in [-0.1, -0.05) is 71.6 Å². The number of nitrogens with zero attached hydrogens (tertiary/aromatic N) is 1. The molecule has 0 atom stereocenters. The van der Waals surface area contributed by atoms with E-state index in [0.29, 0.717) is 0 Å². The lowest BCUT2D eigenvalue weighted by atomic mass is 9.63. The molecule has 0 amide bonds. The van der Waals surface area contributed by atoms with Crippen molar-refractivity contribution in [1.29, 1.82) is 5.26 Å². The molecule has 0 heterocycles. The zero-order valence-corrected chi connectivity index (χ0v) is 16.5. The number of hydrogen-bond acceptors (Lipinski definition) is 1. The van der Waals surface area contributed by atoms with E-state index in [1.165, 1.54) is 103 Å². The third-order valence-electron chi connectivity index (χ3n) is 7.26. The Kier molecular flexibility index (Phi) is 8.65. The zero-order chi connectivity index (χ0) is 17.3. The fraction of sp³-hybridized carbons (Fsp3) is 0.957. The van der Waals surface area contributed by atoms with E-state index in [2.05, 4.69) is 19.9 Å². The summed E-state index contributed by atoms with van der Waals surface area (Å²) < 4.78 is 0. The molecule has 0 aromatic heterocycles. The van der Waals surface area contributed by atoms with Gasteiger partial charge in [-0.3, -0.25) is 0 Å². The maximum atomic E-state index is 9.76. The Labute approximate surface area is 151 Å². The molecule has 0 unspecified atom stereocenters. The number of nitriles is 1. The van der Waals surface area contributed by atoms with Crippen LogP contribution in [-0.2, 0) is 0 Å². The molecule has 0 saturated heterocycles. The van der Waals surface area contributed by atoms with Gasteiger partial charge in [0.05, 0.1) is 11.5 Å². The van der Waals surface area contributed by atoms with E-state index in [-0.39, 0.29) is 5.41 Å². The van der Waals surface area contributed by atoms with Gasteiger partial charge in [-0.05, 0) is 62.7 Å². The molecule has 2 saturated carbocycles. The largest absolute Gasteiger partial charge is 0.198 e. The van der Waals surface area contributed by atoms with Crippen molar-refractivity contribution in [3.05, 3.63) is 0 Å². The standard InChI is InChI=1S/C23H41N/c1-3-5-7-8-16-23(19-24)17-14-22(15-18-23)21-12-10-20(11-13-21)9-6-4-2/h20-22H,3-18H2,1-2H3. The van der Waals surface area contributed by atoms with Crippen molar-refractivity contribution in [3.63, 3.8) is 0 Å². The predicted octanol–water partition coefficient (Wildman–Crippen LogP) is 7.65. The third-order valence-corrected chi connectivity index (χ3v) is 7.26. The van der Waals surface area contributed by atoms with Crippen LogP contribution in [0.25, 0.3) is 0 Å². The Balaban J connectivity index is 1.71. The molecule has 2 aliphatic carbocycles. The minimum atomic E-state index is 0.0442.